The van der Waals surface area contributed by atoms with Crippen LogP contribution < -0.4 is 4.90 Å². The highest BCUT2D eigenvalue weighted by Crippen LogP contribution is 2.51. The molecule has 8 aromatic carbocycles. The van der Waals surface area contributed by atoms with Gasteiger partial charge < -0.3 is 13.7 Å². The van der Waals surface area contributed by atoms with E-state index in [1.165, 1.54) is 27.8 Å². The molecule has 0 unspecified atom stereocenters. The summed E-state index contributed by atoms with van der Waals surface area (Å²) >= 11 is 0. The number of furan rings is 2. The molecule has 52 heavy (non-hydrogen) atoms. The van der Waals surface area contributed by atoms with Crippen molar-refractivity contribution in [3.8, 4) is 22.3 Å². The average molecular weight is 668 g/mol. The van der Waals surface area contributed by atoms with Gasteiger partial charge in [0.15, 0.2) is 0 Å². The molecule has 11 rings (SSSR count). The summed E-state index contributed by atoms with van der Waals surface area (Å²) in [7, 11) is 0. The molecule has 1 aliphatic carbocycles. The van der Waals surface area contributed by atoms with Gasteiger partial charge in [0.1, 0.15) is 22.3 Å². The van der Waals surface area contributed by atoms with Crippen molar-refractivity contribution < 1.29 is 8.83 Å². The molecule has 2 aromatic heterocycles. The summed E-state index contributed by atoms with van der Waals surface area (Å²) in [6, 6.07) is 58.9. The fraction of sp³-hybridized carbons (Fsp3) is 0.0612. The van der Waals surface area contributed by atoms with Gasteiger partial charge in [-0.25, -0.2) is 0 Å². The van der Waals surface area contributed by atoms with Crippen molar-refractivity contribution >= 4 is 71.7 Å². The number of fused-ring (bicyclic) bond motifs is 11. The Morgan fingerprint density at radius 2 is 1.00 bits per heavy atom. The topological polar surface area (TPSA) is 29.5 Å². The second-order valence-electron chi connectivity index (χ2n) is 14.5. The third kappa shape index (κ3) is 4.20. The highest BCUT2D eigenvalue weighted by molar-refractivity contribution is 6.15. The van der Waals surface area contributed by atoms with E-state index in [9.17, 15) is 0 Å². The fourth-order valence-electron chi connectivity index (χ4n) is 8.64. The predicted octanol–water partition coefficient (Wildman–Crippen LogP) is 14.1. The number of rotatable bonds is 4. The van der Waals surface area contributed by atoms with Crippen molar-refractivity contribution in [1.29, 1.82) is 0 Å². The zero-order valence-electron chi connectivity index (χ0n) is 28.9. The van der Waals surface area contributed by atoms with E-state index in [1.54, 1.807) is 0 Å². The summed E-state index contributed by atoms with van der Waals surface area (Å²) in [5.74, 6) is 0. The van der Waals surface area contributed by atoms with E-state index >= 15 is 0 Å². The smallest absolute Gasteiger partial charge is 0.143 e. The summed E-state index contributed by atoms with van der Waals surface area (Å²) in [6.45, 7) is 4.66. The third-order valence-corrected chi connectivity index (χ3v) is 11.3. The van der Waals surface area contributed by atoms with E-state index in [4.69, 9.17) is 8.83 Å². The van der Waals surface area contributed by atoms with E-state index in [0.717, 1.165) is 77.3 Å². The Kier molecular flexibility index (Phi) is 6.01. The lowest BCUT2D eigenvalue weighted by Crippen LogP contribution is -2.15. The molecule has 0 bridgehead atoms. The van der Waals surface area contributed by atoms with Crippen LogP contribution in [0.1, 0.15) is 25.0 Å². The minimum Gasteiger partial charge on any atom is -0.456 e. The maximum absolute atomic E-state index is 6.39. The molecular formula is C49H33NO2. The quantitative estimate of drug-likeness (QED) is 0.187. The molecule has 0 fully saturated rings. The Labute approximate surface area is 301 Å². The molecule has 2 heterocycles. The highest BCUT2D eigenvalue weighted by atomic mass is 16.3. The molecule has 0 N–H and O–H groups in total. The van der Waals surface area contributed by atoms with Crippen LogP contribution in [0.3, 0.4) is 0 Å². The van der Waals surface area contributed by atoms with Gasteiger partial charge in [0.2, 0.25) is 0 Å². The molecule has 0 saturated carbocycles. The van der Waals surface area contributed by atoms with Crippen LogP contribution in [0.5, 0.6) is 0 Å². The van der Waals surface area contributed by atoms with Crippen molar-refractivity contribution in [2.24, 2.45) is 0 Å². The van der Waals surface area contributed by atoms with E-state index in [0.29, 0.717) is 0 Å². The average Bonchev–Trinajstić information content (AvgIpc) is 3.83. The van der Waals surface area contributed by atoms with Crippen LogP contribution in [0.15, 0.2) is 173 Å². The number of benzene rings is 8. The van der Waals surface area contributed by atoms with E-state index in [1.807, 2.05) is 24.3 Å². The normalized spacial score (nSPS) is 13.3. The zero-order chi connectivity index (χ0) is 34.6. The Hall–Kier alpha value is -6.58. The Morgan fingerprint density at radius 1 is 0.404 bits per heavy atom. The third-order valence-electron chi connectivity index (χ3n) is 11.3. The zero-order valence-corrected chi connectivity index (χ0v) is 28.9. The van der Waals surface area contributed by atoms with Gasteiger partial charge in [-0.2, -0.15) is 0 Å². The van der Waals surface area contributed by atoms with Crippen molar-refractivity contribution in [3.63, 3.8) is 0 Å². The van der Waals surface area contributed by atoms with Crippen LogP contribution in [0.4, 0.5) is 17.1 Å². The minimum absolute atomic E-state index is 0.0554. The van der Waals surface area contributed by atoms with Crippen LogP contribution >= 0.6 is 0 Å². The number of anilines is 3. The molecule has 0 radical (unpaired) electrons. The van der Waals surface area contributed by atoms with Gasteiger partial charge in [-0.1, -0.05) is 105 Å². The van der Waals surface area contributed by atoms with Gasteiger partial charge in [0, 0.05) is 55.5 Å². The first-order chi connectivity index (χ1) is 25.5. The lowest BCUT2D eigenvalue weighted by atomic mass is 9.82. The molecule has 246 valence electrons. The van der Waals surface area contributed by atoms with Gasteiger partial charge in [-0.05, 0) is 105 Å². The molecule has 0 amide bonds. The lowest BCUT2D eigenvalue weighted by Gasteiger charge is -2.27. The van der Waals surface area contributed by atoms with E-state index in [-0.39, 0.29) is 5.41 Å². The SMILES string of the molecule is CC1(C)c2ccccc2-c2cc(N(c3ccc(-c4ccc5c(ccc6c7ccccc7oc56)c4)cc3)c3ccc4c(c3)oc3ccccc34)ccc21. The van der Waals surface area contributed by atoms with Gasteiger partial charge in [-0.15, -0.1) is 0 Å². The number of hydrogen-bond acceptors (Lipinski definition) is 3. The molecule has 0 aliphatic heterocycles. The first-order valence-corrected chi connectivity index (χ1v) is 17.9. The predicted molar refractivity (Wildman–Crippen MR) is 216 cm³/mol. The Morgan fingerprint density at radius 3 is 1.85 bits per heavy atom. The molecule has 0 spiro atoms. The fourth-order valence-corrected chi connectivity index (χ4v) is 8.64. The molecular weight excluding hydrogens is 635 g/mol. The van der Waals surface area contributed by atoms with Gasteiger partial charge in [-0.3, -0.25) is 0 Å². The van der Waals surface area contributed by atoms with Gasteiger partial charge in [0.05, 0.1) is 0 Å². The minimum atomic E-state index is -0.0554. The first kappa shape index (κ1) is 29.2. The van der Waals surface area contributed by atoms with Crippen molar-refractivity contribution in [2.45, 2.75) is 19.3 Å². The summed E-state index contributed by atoms with van der Waals surface area (Å²) in [4.78, 5) is 2.35. The lowest BCUT2D eigenvalue weighted by molar-refractivity contribution is 0.660. The largest absolute Gasteiger partial charge is 0.456 e. The maximum Gasteiger partial charge on any atom is 0.143 e. The summed E-state index contributed by atoms with van der Waals surface area (Å²) in [6.07, 6.45) is 0. The first-order valence-electron chi connectivity index (χ1n) is 17.9. The molecule has 3 nitrogen and oxygen atoms in total. The van der Waals surface area contributed by atoms with E-state index in [2.05, 4.69) is 158 Å². The van der Waals surface area contributed by atoms with Crippen molar-refractivity contribution in [1.82, 2.24) is 0 Å². The number of para-hydroxylation sites is 2. The standard InChI is InChI=1S/C49H33NO2/c1-49(2)43-12-6-3-9-37(43)42-28-34(22-26-44(42)49)50(35-21-25-40-38-10-4-7-13-45(38)51-47(40)29-35)33-19-15-30(16-20-33)31-17-23-36-32(27-31)18-24-41-39-11-5-8-14-46(39)52-48(36)41/h3-29H,1-2H3. The van der Waals surface area contributed by atoms with Crippen LogP contribution in [0.2, 0.25) is 0 Å². The van der Waals surface area contributed by atoms with E-state index < -0.39 is 0 Å². The molecule has 0 atom stereocenters. The maximum atomic E-state index is 6.39. The molecule has 1 aliphatic rings. The second-order valence-corrected chi connectivity index (χ2v) is 14.5. The molecule has 0 saturated heterocycles. The molecule has 3 heteroatoms. The summed E-state index contributed by atoms with van der Waals surface area (Å²) in [5.41, 5.74) is 14.5. The van der Waals surface area contributed by atoms with Gasteiger partial charge >= 0.3 is 0 Å². The summed E-state index contributed by atoms with van der Waals surface area (Å²) in [5, 5.41) is 6.85. The monoisotopic (exact) mass is 667 g/mol. The van der Waals surface area contributed by atoms with Crippen LogP contribution in [0.25, 0.3) is 76.9 Å². The van der Waals surface area contributed by atoms with Crippen LogP contribution in [-0.2, 0) is 5.41 Å². The van der Waals surface area contributed by atoms with Crippen molar-refractivity contribution in [3.05, 3.63) is 175 Å². The van der Waals surface area contributed by atoms with Crippen molar-refractivity contribution in [2.75, 3.05) is 4.90 Å². The highest BCUT2D eigenvalue weighted by Gasteiger charge is 2.35. The van der Waals surface area contributed by atoms with Crippen LogP contribution in [0, 0.1) is 0 Å². The second kappa shape index (κ2) is 10.7. The summed E-state index contributed by atoms with van der Waals surface area (Å²) < 4.78 is 12.7. The van der Waals surface area contributed by atoms with Crippen LogP contribution in [-0.4, -0.2) is 0 Å². The Balaban J connectivity index is 1.03. The van der Waals surface area contributed by atoms with Gasteiger partial charge in [0.25, 0.3) is 0 Å². The number of hydrogen-bond donors (Lipinski definition) is 0. The number of nitrogens with zero attached hydrogens (tertiary/aromatic N) is 1. The Bertz CT molecular complexity index is 3050. The molecule has 10 aromatic rings.